The van der Waals surface area contributed by atoms with Crippen LogP contribution in [0.25, 0.3) is 0 Å². The second-order valence-corrected chi connectivity index (χ2v) is 5.39. The summed E-state index contributed by atoms with van der Waals surface area (Å²) in [6.07, 6.45) is 1.14. The lowest BCUT2D eigenvalue weighted by Gasteiger charge is -2.11. The van der Waals surface area contributed by atoms with Gasteiger partial charge >= 0.3 is 5.97 Å². The van der Waals surface area contributed by atoms with Crippen molar-refractivity contribution in [2.24, 2.45) is 11.8 Å². The highest BCUT2D eigenvalue weighted by Gasteiger charge is 2.34. The van der Waals surface area contributed by atoms with E-state index in [1.54, 1.807) is 0 Å². The lowest BCUT2D eigenvalue weighted by Crippen LogP contribution is -2.22. The van der Waals surface area contributed by atoms with Crippen molar-refractivity contribution in [1.29, 1.82) is 0 Å². The molecule has 2 rings (SSSR count). The predicted molar refractivity (Wildman–Crippen MR) is 75.2 cm³/mol. The Hall–Kier alpha value is -2.15. The van der Waals surface area contributed by atoms with Gasteiger partial charge in [-0.1, -0.05) is 11.6 Å². The summed E-state index contributed by atoms with van der Waals surface area (Å²) < 4.78 is 0. The van der Waals surface area contributed by atoms with Crippen LogP contribution in [0.4, 0.5) is 11.4 Å². The number of carboxylic acid groups (broad SMARTS) is 1. The Morgan fingerprint density at radius 2 is 2.00 bits per heavy atom. The number of anilines is 1. The van der Waals surface area contributed by atoms with Crippen LogP contribution in [0.2, 0.25) is 5.02 Å². The lowest BCUT2D eigenvalue weighted by molar-refractivity contribution is -0.383. The van der Waals surface area contributed by atoms with Crippen LogP contribution in [-0.4, -0.2) is 21.9 Å². The van der Waals surface area contributed by atoms with Gasteiger partial charge in [-0.05, 0) is 31.4 Å². The third-order valence-electron chi connectivity index (χ3n) is 3.57. The van der Waals surface area contributed by atoms with E-state index in [-0.39, 0.29) is 22.8 Å². The maximum atomic E-state index is 12.1. The van der Waals surface area contributed by atoms with E-state index in [1.807, 2.05) is 0 Å². The van der Waals surface area contributed by atoms with Crippen LogP contribution in [0, 0.1) is 22.0 Å². The third-order valence-corrected chi connectivity index (χ3v) is 3.80. The summed E-state index contributed by atoms with van der Waals surface area (Å²) in [4.78, 5) is 33.3. The average Bonchev–Trinajstić information content (AvgIpc) is 2.88. The smallest absolute Gasteiger partial charge is 0.306 e. The number of benzene rings is 1. The average molecular weight is 313 g/mol. The number of nitro groups is 1. The highest BCUT2D eigenvalue weighted by atomic mass is 35.5. The van der Waals surface area contributed by atoms with Gasteiger partial charge in [-0.3, -0.25) is 19.7 Å². The first-order chi connectivity index (χ1) is 9.88. The zero-order chi connectivity index (χ0) is 15.6. The number of rotatable bonds is 4. The number of halogens is 1. The maximum Gasteiger partial charge on any atom is 0.306 e. The molecule has 0 saturated heterocycles. The van der Waals surface area contributed by atoms with Gasteiger partial charge in [0.15, 0.2) is 0 Å². The van der Waals surface area contributed by atoms with Crippen LogP contribution in [0.15, 0.2) is 18.2 Å². The first-order valence-corrected chi connectivity index (χ1v) is 6.74. The second-order valence-electron chi connectivity index (χ2n) is 4.95. The highest BCUT2D eigenvalue weighted by molar-refractivity contribution is 6.31. The molecule has 112 valence electrons. The summed E-state index contributed by atoms with van der Waals surface area (Å²) >= 11 is 5.78. The molecule has 1 amide bonds. The summed E-state index contributed by atoms with van der Waals surface area (Å²) in [6.45, 7) is 0. The molecule has 1 aliphatic rings. The topological polar surface area (TPSA) is 110 Å². The summed E-state index contributed by atoms with van der Waals surface area (Å²) in [5.74, 6) is -2.32. The number of carbonyl (C=O) groups is 2. The molecule has 0 unspecified atom stereocenters. The van der Waals surface area contributed by atoms with Crippen molar-refractivity contribution in [3.05, 3.63) is 33.3 Å². The van der Waals surface area contributed by atoms with E-state index >= 15 is 0 Å². The minimum absolute atomic E-state index is 0.0243. The van der Waals surface area contributed by atoms with Crippen LogP contribution in [0.5, 0.6) is 0 Å². The Morgan fingerprint density at radius 1 is 1.33 bits per heavy atom. The number of carboxylic acids is 1. The number of nitro benzene ring substituents is 1. The third kappa shape index (κ3) is 3.49. The molecule has 2 atom stereocenters. The van der Waals surface area contributed by atoms with Gasteiger partial charge in [-0.15, -0.1) is 0 Å². The predicted octanol–water partition coefficient (Wildman–Crippen LogP) is 2.69. The maximum absolute atomic E-state index is 12.1. The molecule has 0 spiro atoms. The van der Waals surface area contributed by atoms with E-state index in [4.69, 9.17) is 16.7 Å². The van der Waals surface area contributed by atoms with Crippen molar-refractivity contribution < 1.29 is 19.6 Å². The van der Waals surface area contributed by atoms with Gasteiger partial charge < -0.3 is 10.4 Å². The monoisotopic (exact) mass is 312 g/mol. The molecule has 0 heterocycles. The molecule has 0 radical (unpaired) electrons. The van der Waals surface area contributed by atoms with Crippen LogP contribution in [0.1, 0.15) is 19.3 Å². The molecule has 21 heavy (non-hydrogen) atoms. The van der Waals surface area contributed by atoms with Gasteiger partial charge in [0.05, 0.1) is 10.8 Å². The molecule has 0 aromatic heterocycles. The zero-order valence-electron chi connectivity index (χ0n) is 10.9. The van der Waals surface area contributed by atoms with Gasteiger partial charge in [0, 0.05) is 17.0 Å². The molecule has 0 bridgehead atoms. The molecule has 1 aliphatic carbocycles. The Morgan fingerprint density at radius 3 is 2.57 bits per heavy atom. The lowest BCUT2D eigenvalue weighted by atomic mass is 10.0. The first-order valence-electron chi connectivity index (χ1n) is 6.36. The minimum Gasteiger partial charge on any atom is -0.481 e. The van der Waals surface area contributed by atoms with E-state index in [9.17, 15) is 19.7 Å². The van der Waals surface area contributed by atoms with Crippen molar-refractivity contribution in [3.63, 3.8) is 0 Å². The SMILES string of the molecule is O=C(O)[C@H]1CC[C@@H](C(=O)Nc2cc(Cl)ccc2[N+](=O)[O-])C1. The summed E-state index contributed by atoms with van der Waals surface area (Å²) in [5, 5.41) is 22.6. The molecular weight excluding hydrogens is 300 g/mol. The van der Waals surface area contributed by atoms with E-state index in [0.717, 1.165) is 0 Å². The Labute approximate surface area is 125 Å². The molecule has 1 saturated carbocycles. The standard InChI is InChI=1S/C13H13ClN2O5/c14-9-3-4-11(16(20)21)10(6-9)15-12(17)7-1-2-8(5-7)13(18)19/h3-4,6-8H,1-2,5H2,(H,15,17)(H,18,19)/t7-,8+/m1/s1. The number of amides is 1. The highest BCUT2D eigenvalue weighted by Crippen LogP contribution is 2.33. The molecule has 7 nitrogen and oxygen atoms in total. The van der Waals surface area contributed by atoms with Crippen molar-refractivity contribution in [2.45, 2.75) is 19.3 Å². The molecule has 2 N–H and O–H groups in total. The number of hydrogen-bond acceptors (Lipinski definition) is 4. The molecule has 1 aromatic carbocycles. The quantitative estimate of drug-likeness (QED) is 0.656. The van der Waals surface area contributed by atoms with Gasteiger partial charge in [0.2, 0.25) is 5.91 Å². The number of aliphatic carboxylic acids is 1. The normalized spacial score (nSPS) is 21.0. The summed E-state index contributed by atoms with van der Waals surface area (Å²) in [5.41, 5.74) is -0.225. The molecule has 0 aliphatic heterocycles. The molecule has 8 heteroatoms. The summed E-state index contributed by atoms with van der Waals surface area (Å²) in [6, 6.07) is 3.89. The van der Waals surface area contributed by atoms with Gasteiger partial charge in [-0.25, -0.2) is 0 Å². The fourth-order valence-corrected chi connectivity index (χ4v) is 2.62. The first kappa shape index (κ1) is 15.2. The summed E-state index contributed by atoms with van der Waals surface area (Å²) in [7, 11) is 0. The fourth-order valence-electron chi connectivity index (χ4n) is 2.45. The van der Waals surface area contributed by atoms with E-state index in [0.29, 0.717) is 12.8 Å². The number of hydrogen-bond donors (Lipinski definition) is 2. The fraction of sp³-hybridized carbons (Fsp3) is 0.385. The van der Waals surface area contributed by atoms with Gasteiger partial charge in [0.25, 0.3) is 5.69 Å². The number of nitrogens with one attached hydrogen (secondary N) is 1. The van der Waals surface area contributed by atoms with Crippen LogP contribution >= 0.6 is 11.6 Å². The number of nitrogens with zero attached hydrogens (tertiary/aromatic N) is 1. The Balaban J connectivity index is 2.12. The van der Waals surface area contributed by atoms with Crippen molar-refractivity contribution in [3.8, 4) is 0 Å². The van der Waals surface area contributed by atoms with Crippen molar-refractivity contribution in [2.75, 3.05) is 5.32 Å². The van der Waals surface area contributed by atoms with Gasteiger partial charge in [0.1, 0.15) is 5.69 Å². The molecular formula is C13H13ClN2O5. The number of carbonyl (C=O) groups excluding carboxylic acids is 1. The van der Waals surface area contributed by atoms with E-state index in [2.05, 4.69) is 5.32 Å². The van der Waals surface area contributed by atoms with Gasteiger partial charge in [-0.2, -0.15) is 0 Å². The Bertz CT molecular complexity index is 604. The van der Waals surface area contributed by atoms with Crippen molar-refractivity contribution >= 4 is 34.9 Å². The van der Waals surface area contributed by atoms with E-state index < -0.39 is 28.6 Å². The van der Waals surface area contributed by atoms with E-state index in [1.165, 1.54) is 18.2 Å². The van der Waals surface area contributed by atoms with Crippen LogP contribution in [-0.2, 0) is 9.59 Å². The largest absolute Gasteiger partial charge is 0.481 e. The molecule has 1 aromatic rings. The minimum atomic E-state index is -0.918. The van der Waals surface area contributed by atoms with Crippen molar-refractivity contribution in [1.82, 2.24) is 0 Å². The zero-order valence-corrected chi connectivity index (χ0v) is 11.7. The van der Waals surface area contributed by atoms with Crippen LogP contribution < -0.4 is 5.32 Å². The second kappa shape index (κ2) is 6.09. The van der Waals surface area contributed by atoms with Crippen LogP contribution in [0.3, 0.4) is 0 Å². The Kier molecular flexibility index (Phi) is 4.42. The molecule has 1 fully saturated rings.